The molecule has 4 nitrogen and oxygen atoms in total. The molecule has 0 aliphatic heterocycles. The molecule has 0 atom stereocenters. The van der Waals surface area contributed by atoms with Crippen LogP contribution in [0.4, 0.5) is 5.69 Å². The molecule has 0 aromatic heterocycles. The topological polar surface area (TPSA) is 58.6 Å². The highest BCUT2D eigenvalue weighted by Gasteiger charge is 2.25. The van der Waals surface area contributed by atoms with Crippen LogP contribution < -0.4 is 5.32 Å². The molecule has 0 aliphatic carbocycles. The molecule has 0 fully saturated rings. The first kappa shape index (κ1) is 16.5. The SMILES string of the molecule is CCC(CC)(CO)CNc1cc(C(=O)OC)ccc1C. The van der Waals surface area contributed by atoms with Gasteiger partial charge in [0.15, 0.2) is 0 Å². The molecule has 0 radical (unpaired) electrons. The second-order valence-electron chi connectivity index (χ2n) is 5.24. The molecule has 4 heteroatoms. The summed E-state index contributed by atoms with van der Waals surface area (Å²) in [6.45, 7) is 6.99. The lowest BCUT2D eigenvalue weighted by molar-refractivity contribution is 0.0601. The molecule has 1 aromatic rings. The molecule has 2 N–H and O–H groups in total. The molecule has 112 valence electrons. The fourth-order valence-electron chi connectivity index (χ4n) is 2.12. The number of aliphatic hydroxyl groups is 1. The van der Waals surface area contributed by atoms with E-state index in [1.54, 1.807) is 12.1 Å². The summed E-state index contributed by atoms with van der Waals surface area (Å²) in [6.07, 6.45) is 1.81. The molecular weight excluding hydrogens is 254 g/mol. The molecule has 20 heavy (non-hydrogen) atoms. The highest BCUT2D eigenvalue weighted by molar-refractivity contribution is 5.90. The minimum absolute atomic E-state index is 0.117. The van der Waals surface area contributed by atoms with Gasteiger partial charge in [0.1, 0.15) is 0 Å². The maximum absolute atomic E-state index is 11.6. The average Bonchev–Trinajstić information content (AvgIpc) is 2.50. The predicted molar refractivity (Wildman–Crippen MR) is 81.1 cm³/mol. The normalized spacial score (nSPS) is 11.2. The second kappa shape index (κ2) is 7.29. The fourth-order valence-corrected chi connectivity index (χ4v) is 2.12. The molecule has 0 aliphatic rings. The number of ether oxygens (including phenoxy) is 1. The smallest absolute Gasteiger partial charge is 0.337 e. The van der Waals surface area contributed by atoms with Gasteiger partial charge in [0.25, 0.3) is 0 Å². The molecule has 0 unspecified atom stereocenters. The van der Waals surface area contributed by atoms with Crippen molar-refractivity contribution in [3.8, 4) is 0 Å². The van der Waals surface area contributed by atoms with Crippen molar-refractivity contribution < 1.29 is 14.6 Å². The number of carbonyl (C=O) groups excluding carboxylic acids is 1. The van der Waals surface area contributed by atoms with Crippen LogP contribution in [-0.2, 0) is 4.74 Å². The van der Waals surface area contributed by atoms with Gasteiger partial charge in [0.05, 0.1) is 19.3 Å². The third-order valence-electron chi connectivity index (χ3n) is 4.15. The number of hydrogen-bond acceptors (Lipinski definition) is 4. The van der Waals surface area contributed by atoms with Crippen LogP contribution >= 0.6 is 0 Å². The third-order valence-corrected chi connectivity index (χ3v) is 4.15. The van der Waals surface area contributed by atoms with Crippen LogP contribution in [0, 0.1) is 12.3 Å². The summed E-state index contributed by atoms with van der Waals surface area (Å²) < 4.78 is 4.73. The largest absolute Gasteiger partial charge is 0.465 e. The Kier molecular flexibility index (Phi) is 6.02. The summed E-state index contributed by atoms with van der Waals surface area (Å²) >= 11 is 0. The molecule has 0 heterocycles. The zero-order chi connectivity index (χ0) is 15.2. The number of methoxy groups -OCH3 is 1. The van der Waals surface area contributed by atoms with Gasteiger partial charge in [-0.3, -0.25) is 0 Å². The fraction of sp³-hybridized carbons (Fsp3) is 0.562. The molecule has 0 amide bonds. The first-order valence-electron chi connectivity index (χ1n) is 7.05. The van der Waals surface area contributed by atoms with Crippen molar-refractivity contribution in [2.45, 2.75) is 33.6 Å². The van der Waals surface area contributed by atoms with Crippen molar-refractivity contribution in [3.05, 3.63) is 29.3 Å². The Balaban J connectivity index is 2.89. The van der Waals surface area contributed by atoms with Gasteiger partial charge in [0.2, 0.25) is 0 Å². The zero-order valence-electron chi connectivity index (χ0n) is 12.8. The number of nitrogens with one attached hydrogen (secondary N) is 1. The van der Waals surface area contributed by atoms with Crippen LogP contribution in [0.3, 0.4) is 0 Å². The first-order chi connectivity index (χ1) is 9.51. The maximum Gasteiger partial charge on any atom is 0.337 e. The Morgan fingerprint density at radius 2 is 2.00 bits per heavy atom. The zero-order valence-corrected chi connectivity index (χ0v) is 12.8. The Hall–Kier alpha value is -1.55. The molecule has 0 bridgehead atoms. The summed E-state index contributed by atoms with van der Waals surface area (Å²) in [6, 6.07) is 5.45. The van der Waals surface area contributed by atoms with E-state index in [2.05, 4.69) is 19.2 Å². The highest BCUT2D eigenvalue weighted by Crippen LogP contribution is 2.27. The number of carbonyl (C=O) groups is 1. The number of benzene rings is 1. The molecule has 1 rings (SSSR count). The molecule has 0 saturated carbocycles. The third kappa shape index (κ3) is 3.73. The second-order valence-corrected chi connectivity index (χ2v) is 5.24. The number of esters is 1. The van der Waals surface area contributed by atoms with Crippen molar-refractivity contribution in [2.24, 2.45) is 5.41 Å². The molecule has 0 saturated heterocycles. The summed E-state index contributed by atoms with van der Waals surface area (Å²) in [7, 11) is 1.38. The lowest BCUT2D eigenvalue weighted by Crippen LogP contribution is -2.32. The van der Waals surface area contributed by atoms with E-state index in [1.165, 1.54) is 7.11 Å². The minimum atomic E-state index is -0.340. The number of aryl methyl sites for hydroxylation is 1. The van der Waals surface area contributed by atoms with Crippen LogP contribution in [0.15, 0.2) is 18.2 Å². The lowest BCUT2D eigenvalue weighted by atomic mass is 9.83. The van der Waals surface area contributed by atoms with E-state index >= 15 is 0 Å². The van der Waals surface area contributed by atoms with Gasteiger partial charge in [-0.05, 0) is 37.5 Å². The summed E-state index contributed by atoms with van der Waals surface area (Å²) in [5.74, 6) is -0.340. The lowest BCUT2D eigenvalue weighted by Gasteiger charge is -2.30. The standard InChI is InChI=1S/C16H25NO3/c1-5-16(6-2,11-18)10-17-14-9-13(15(19)20-4)8-7-12(14)3/h7-9,17-18H,5-6,10-11H2,1-4H3. The van der Waals surface area contributed by atoms with E-state index < -0.39 is 0 Å². The Morgan fingerprint density at radius 3 is 2.50 bits per heavy atom. The summed E-state index contributed by atoms with van der Waals surface area (Å²) in [5, 5.41) is 12.9. The Labute approximate surface area is 121 Å². The Morgan fingerprint density at radius 1 is 1.35 bits per heavy atom. The number of aliphatic hydroxyl groups excluding tert-OH is 1. The summed E-state index contributed by atoms with van der Waals surface area (Å²) in [5.41, 5.74) is 2.39. The van der Waals surface area contributed by atoms with Crippen molar-refractivity contribution >= 4 is 11.7 Å². The van der Waals surface area contributed by atoms with Crippen LogP contribution in [0.25, 0.3) is 0 Å². The number of anilines is 1. The van der Waals surface area contributed by atoms with Gasteiger partial charge in [0, 0.05) is 17.6 Å². The average molecular weight is 279 g/mol. The monoisotopic (exact) mass is 279 g/mol. The van der Waals surface area contributed by atoms with Gasteiger partial charge in [-0.2, -0.15) is 0 Å². The highest BCUT2D eigenvalue weighted by atomic mass is 16.5. The van der Waals surface area contributed by atoms with Gasteiger partial charge in [-0.1, -0.05) is 19.9 Å². The molecular formula is C16H25NO3. The van der Waals surface area contributed by atoms with E-state index in [-0.39, 0.29) is 18.0 Å². The number of rotatable bonds is 7. The van der Waals surface area contributed by atoms with E-state index in [4.69, 9.17) is 4.74 Å². The Bertz CT molecular complexity index is 445. The van der Waals surface area contributed by atoms with Gasteiger partial charge < -0.3 is 15.2 Å². The van der Waals surface area contributed by atoms with Crippen LogP contribution in [0.5, 0.6) is 0 Å². The van der Waals surface area contributed by atoms with E-state index in [0.717, 1.165) is 24.1 Å². The van der Waals surface area contributed by atoms with Crippen molar-refractivity contribution in [2.75, 3.05) is 25.6 Å². The first-order valence-corrected chi connectivity index (χ1v) is 7.05. The number of hydrogen-bond donors (Lipinski definition) is 2. The van der Waals surface area contributed by atoms with E-state index in [0.29, 0.717) is 12.1 Å². The molecule has 0 spiro atoms. The van der Waals surface area contributed by atoms with Crippen molar-refractivity contribution in [3.63, 3.8) is 0 Å². The van der Waals surface area contributed by atoms with E-state index in [1.807, 2.05) is 13.0 Å². The summed E-state index contributed by atoms with van der Waals surface area (Å²) in [4.78, 5) is 11.6. The quantitative estimate of drug-likeness (QED) is 0.753. The van der Waals surface area contributed by atoms with Crippen LogP contribution in [0.2, 0.25) is 0 Å². The molecule has 1 aromatic carbocycles. The van der Waals surface area contributed by atoms with E-state index in [9.17, 15) is 9.90 Å². The minimum Gasteiger partial charge on any atom is -0.465 e. The van der Waals surface area contributed by atoms with Gasteiger partial charge >= 0.3 is 5.97 Å². The van der Waals surface area contributed by atoms with Crippen LogP contribution in [0.1, 0.15) is 42.6 Å². The van der Waals surface area contributed by atoms with Gasteiger partial charge in [-0.25, -0.2) is 4.79 Å². The van der Waals surface area contributed by atoms with Gasteiger partial charge in [-0.15, -0.1) is 0 Å². The van der Waals surface area contributed by atoms with Crippen molar-refractivity contribution in [1.82, 2.24) is 0 Å². The maximum atomic E-state index is 11.6. The van der Waals surface area contributed by atoms with Crippen LogP contribution in [-0.4, -0.2) is 31.3 Å². The predicted octanol–water partition coefficient (Wildman–Crippen LogP) is 2.99. The van der Waals surface area contributed by atoms with Crippen molar-refractivity contribution in [1.29, 1.82) is 0 Å².